The van der Waals surface area contributed by atoms with Crippen molar-refractivity contribution < 1.29 is 9.47 Å². The van der Waals surface area contributed by atoms with Crippen molar-refractivity contribution in [1.29, 1.82) is 0 Å². The third-order valence-corrected chi connectivity index (χ3v) is 5.12. The fourth-order valence-electron chi connectivity index (χ4n) is 3.90. The summed E-state index contributed by atoms with van der Waals surface area (Å²) in [7, 11) is 0. The Morgan fingerprint density at radius 3 is 2.34 bits per heavy atom. The first-order chi connectivity index (χ1) is 14.0. The van der Waals surface area contributed by atoms with Gasteiger partial charge in [-0.2, -0.15) is 0 Å². The van der Waals surface area contributed by atoms with E-state index in [-0.39, 0.29) is 12.1 Å². The molecule has 0 aliphatic carbocycles. The van der Waals surface area contributed by atoms with E-state index in [1.54, 1.807) is 6.26 Å². The van der Waals surface area contributed by atoms with Gasteiger partial charge in [0.1, 0.15) is 11.9 Å². The molecule has 0 aromatic heterocycles. The average Bonchev–Trinajstić information content (AvgIpc) is 2.87. The fourth-order valence-corrected chi connectivity index (χ4v) is 3.90. The molecule has 0 bridgehead atoms. The van der Waals surface area contributed by atoms with Crippen molar-refractivity contribution in [2.24, 2.45) is 0 Å². The molecule has 2 unspecified atom stereocenters. The lowest BCUT2D eigenvalue weighted by Gasteiger charge is -2.33. The van der Waals surface area contributed by atoms with Gasteiger partial charge < -0.3 is 14.4 Å². The highest BCUT2D eigenvalue weighted by atomic mass is 16.5. The van der Waals surface area contributed by atoms with Crippen LogP contribution in [-0.4, -0.2) is 11.0 Å². The van der Waals surface area contributed by atoms with Crippen molar-refractivity contribution in [3.05, 3.63) is 113 Å². The summed E-state index contributed by atoms with van der Waals surface area (Å²) in [5.41, 5.74) is 6.18. The number of benzene rings is 2. The Kier molecular flexibility index (Phi) is 5.30. The summed E-state index contributed by atoms with van der Waals surface area (Å²) >= 11 is 0. The maximum Gasteiger partial charge on any atom is 0.231 e. The molecule has 2 aliphatic heterocycles. The number of aryl methyl sites for hydroxylation is 2. The first-order valence-electron chi connectivity index (χ1n) is 10.0. The van der Waals surface area contributed by atoms with Crippen molar-refractivity contribution in [1.82, 2.24) is 4.90 Å². The van der Waals surface area contributed by atoms with Gasteiger partial charge in [0.2, 0.25) is 5.88 Å². The van der Waals surface area contributed by atoms with Crippen molar-refractivity contribution in [3.8, 4) is 0 Å². The molecule has 2 atom stereocenters. The Morgan fingerprint density at radius 1 is 0.897 bits per heavy atom. The van der Waals surface area contributed by atoms with Gasteiger partial charge in [-0.3, -0.25) is 0 Å². The van der Waals surface area contributed by atoms with E-state index in [4.69, 9.17) is 9.47 Å². The first-order valence-corrected chi connectivity index (χ1v) is 10.0. The summed E-state index contributed by atoms with van der Waals surface area (Å²) in [6.07, 6.45) is 10.2. The second kappa shape index (κ2) is 8.04. The smallest absolute Gasteiger partial charge is 0.231 e. The molecule has 3 nitrogen and oxygen atoms in total. The van der Waals surface area contributed by atoms with Gasteiger partial charge in [-0.25, -0.2) is 0 Å². The Labute approximate surface area is 173 Å². The number of nitrogens with zero attached hydrogens (tertiary/aromatic N) is 1. The van der Waals surface area contributed by atoms with E-state index in [0.717, 1.165) is 5.76 Å². The zero-order chi connectivity index (χ0) is 20.4. The van der Waals surface area contributed by atoms with Crippen molar-refractivity contribution >= 4 is 5.57 Å². The van der Waals surface area contributed by atoms with Crippen LogP contribution in [0.2, 0.25) is 0 Å². The Hall–Kier alpha value is -3.20. The first kappa shape index (κ1) is 19.1. The van der Waals surface area contributed by atoms with Gasteiger partial charge in [0.05, 0.1) is 6.04 Å². The van der Waals surface area contributed by atoms with Crippen LogP contribution >= 0.6 is 0 Å². The van der Waals surface area contributed by atoms with E-state index in [1.165, 1.54) is 27.8 Å². The van der Waals surface area contributed by atoms with E-state index in [1.807, 2.05) is 26.0 Å². The molecule has 0 amide bonds. The second-order valence-electron chi connectivity index (χ2n) is 7.75. The monoisotopic (exact) mass is 385 g/mol. The van der Waals surface area contributed by atoms with E-state index in [2.05, 4.69) is 79.6 Å². The second-order valence-corrected chi connectivity index (χ2v) is 7.75. The molecule has 2 aromatic carbocycles. The lowest BCUT2D eigenvalue weighted by molar-refractivity contribution is 0.0919. The molecule has 0 saturated heterocycles. The largest absolute Gasteiger partial charge is 0.469 e. The average molecular weight is 386 g/mol. The van der Waals surface area contributed by atoms with Crippen molar-refractivity contribution in [2.75, 3.05) is 0 Å². The van der Waals surface area contributed by atoms with Gasteiger partial charge in [0, 0.05) is 6.20 Å². The Bertz CT molecular complexity index is 994. The van der Waals surface area contributed by atoms with E-state index in [0.29, 0.717) is 5.88 Å². The van der Waals surface area contributed by atoms with Crippen LogP contribution in [0.4, 0.5) is 0 Å². The standard InChI is InChI=1S/C26H27NO2/c1-18-12-19(2)14-24(13-18)23-10-11-27(25(16-23)22-8-6-5-7-9-22)26-17-28-20(3)15-21(4)29-26/h5-17,21,25H,1-4H3. The molecule has 4 rings (SSSR count). The lowest BCUT2D eigenvalue weighted by Crippen LogP contribution is -2.27. The van der Waals surface area contributed by atoms with Crippen LogP contribution < -0.4 is 0 Å². The molecular formula is C26H27NO2. The van der Waals surface area contributed by atoms with Gasteiger partial charge >= 0.3 is 0 Å². The molecule has 0 saturated carbocycles. The van der Waals surface area contributed by atoms with Gasteiger partial charge in [0.25, 0.3) is 0 Å². The van der Waals surface area contributed by atoms with Crippen LogP contribution in [0.3, 0.4) is 0 Å². The summed E-state index contributed by atoms with van der Waals surface area (Å²) in [5.74, 6) is 1.54. The van der Waals surface area contributed by atoms with E-state index < -0.39 is 0 Å². The molecule has 2 aliphatic rings. The summed E-state index contributed by atoms with van der Waals surface area (Å²) < 4.78 is 11.9. The molecule has 29 heavy (non-hydrogen) atoms. The predicted molar refractivity (Wildman–Crippen MR) is 118 cm³/mol. The number of hydrogen-bond acceptors (Lipinski definition) is 3. The normalized spacial score (nSPS) is 21.4. The Balaban J connectivity index is 1.74. The number of rotatable bonds is 3. The third-order valence-electron chi connectivity index (χ3n) is 5.12. The Morgan fingerprint density at radius 2 is 1.62 bits per heavy atom. The molecule has 3 heteroatoms. The minimum atomic E-state index is -0.0571. The van der Waals surface area contributed by atoms with Crippen LogP contribution in [0, 0.1) is 13.8 Å². The van der Waals surface area contributed by atoms with Crippen molar-refractivity contribution in [3.63, 3.8) is 0 Å². The molecule has 0 fully saturated rings. The van der Waals surface area contributed by atoms with Crippen LogP contribution in [0.5, 0.6) is 0 Å². The molecule has 0 radical (unpaired) electrons. The highest BCUT2D eigenvalue weighted by Gasteiger charge is 2.26. The SMILES string of the molecule is CC1=CC(C)OC(N2C=CC(c3cc(C)cc(C)c3)=CC2c2ccccc2)=CO1. The van der Waals surface area contributed by atoms with Gasteiger partial charge in [-0.05, 0) is 62.6 Å². The third kappa shape index (κ3) is 4.29. The topological polar surface area (TPSA) is 21.7 Å². The minimum Gasteiger partial charge on any atom is -0.469 e. The van der Waals surface area contributed by atoms with E-state index >= 15 is 0 Å². The van der Waals surface area contributed by atoms with Crippen LogP contribution in [0.1, 0.15) is 42.1 Å². The fraction of sp³-hybridized carbons (Fsp3) is 0.231. The van der Waals surface area contributed by atoms with Crippen molar-refractivity contribution in [2.45, 2.75) is 39.8 Å². The van der Waals surface area contributed by atoms with Gasteiger partial charge in [-0.1, -0.05) is 59.7 Å². The van der Waals surface area contributed by atoms with Crippen LogP contribution in [0.25, 0.3) is 5.57 Å². The highest BCUT2D eigenvalue weighted by Crippen LogP contribution is 2.36. The summed E-state index contributed by atoms with van der Waals surface area (Å²) in [6.45, 7) is 8.25. The lowest BCUT2D eigenvalue weighted by atomic mass is 9.94. The minimum absolute atomic E-state index is 0.0116. The molecule has 0 spiro atoms. The zero-order valence-electron chi connectivity index (χ0n) is 17.4. The van der Waals surface area contributed by atoms with Crippen LogP contribution in [-0.2, 0) is 9.47 Å². The maximum absolute atomic E-state index is 6.16. The quantitative estimate of drug-likeness (QED) is 0.610. The summed E-state index contributed by atoms with van der Waals surface area (Å²) in [4.78, 5) is 2.13. The maximum atomic E-state index is 6.16. The zero-order valence-corrected chi connectivity index (χ0v) is 17.4. The summed E-state index contributed by atoms with van der Waals surface area (Å²) in [6, 6.07) is 17.2. The van der Waals surface area contributed by atoms with Gasteiger partial charge in [-0.15, -0.1) is 0 Å². The number of hydrogen-bond donors (Lipinski definition) is 0. The summed E-state index contributed by atoms with van der Waals surface area (Å²) in [5, 5.41) is 0. The van der Waals surface area contributed by atoms with E-state index in [9.17, 15) is 0 Å². The number of allylic oxidation sites excluding steroid dienone is 3. The highest BCUT2D eigenvalue weighted by molar-refractivity contribution is 5.76. The number of ether oxygens (including phenoxy) is 2. The predicted octanol–water partition coefficient (Wildman–Crippen LogP) is 6.40. The molecule has 0 N–H and O–H groups in total. The van der Waals surface area contributed by atoms with Gasteiger partial charge in [0.15, 0.2) is 6.26 Å². The van der Waals surface area contributed by atoms with Crippen LogP contribution in [0.15, 0.2) is 90.9 Å². The molecule has 2 heterocycles. The molecule has 148 valence electrons. The molecule has 2 aromatic rings. The molecular weight excluding hydrogens is 358 g/mol.